The van der Waals surface area contributed by atoms with E-state index in [-0.39, 0.29) is 24.7 Å². The van der Waals surface area contributed by atoms with E-state index in [2.05, 4.69) is 5.32 Å². The Morgan fingerprint density at radius 2 is 1.50 bits per heavy atom. The van der Waals surface area contributed by atoms with Gasteiger partial charge in [0, 0.05) is 29.3 Å². The third-order valence-electron chi connectivity index (χ3n) is 8.12. The zero-order valence-corrected chi connectivity index (χ0v) is 25.9. The van der Waals surface area contributed by atoms with E-state index in [1.165, 1.54) is 0 Å². The zero-order chi connectivity index (χ0) is 31.2. The normalized spacial score (nSPS) is 17.9. The Kier molecular flexibility index (Phi) is 9.58. The van der Waals surface area contributed by atoms with Crippen molar-refractivity contribution in [3.63, 3.8) is 0 Å². The lowest BCUT2D eigenvalue weighted by Gasteiger charge is -2.37. The summed E-state index contributed by atoms with van der Waals surface area (Å²) in [5.41, 5.74) is 5.04. The third kappa shape index (κ3) is 6.30. The van der Waals surface area contributed by atoms with Gasteiger partial charge in [-0.15, -0.1) is 0 Å². The summed E-state index contributed by atoms with van der Waals surface area (Å²) in [5, 5.41) is 3.42. The Hall–Kier alpha value is -4.72. The SMILES string of the molecule is CCCOc1ccc([C@H]2C(C(=O)OCc3ccccc3)=C(C)NC3=C2C(=O)C[C@H](c2ccc(OC)c(OC)c2)C3)cc1OC. The standard InChI is InChI=1S/C36H39NO7/c1-6-16-43-30-15-13-25(20-32(30)42-5)34-33(36(39)44-21-23-10-8-7-9-11-23)22(2)37-27-17-26(18-28(38)35(27)34)24-12-14-29(40-3)31(19-24)41-4/h7-15,19-20,26,34,37H,6,16-18,21H2,1-5H3/t26-,34+/m1/s1. The van der Waals surface area contributed by atoms with Crippen molar-refractivity contribution in [3.8, 4) is 23.0 Å². The van der Waals surface area contributed by atoms with E-state index < -0.39 is 11.9 Å². The van der Waals surface area contributed by atoms with Crippen LogP contribution in [0.25, 0.3) is 0 Å². The Morgan fingerprint density at radius 1 is 0.841 bits per heavy atom. The first kappa shape index (κ1) is 30.7. The maximum Gasteiger partial charge on any atom is 0.337 e. The fourth-order valence-electron chi connectivity index (χ4n) is 5.98. The molecule has 230 valence electrons. The summed E-state index contributed by atoms with van der Waals surface area (Å²) in [6.07, 6.45) is 1.73. The van der Waals surface area contributed by atoms with Gasteiger partial charge in [-0.2, -0.15) is 0 Å². The number of carbonyl (C=O) groups is 2. The van der Waals surface area contributed by atoms with Crippen molar-refractivity contribution >= 4 is 11.8 Å². The molecule has 0 saturated carbocycles. The molecule has 0 spiro atoms. The molecule has 1 N–H and O–H groups in total. The summed E-state index contributed by atoms with van der Waals surface area (Å²) < 4.78 is 28.3. The highest BCUT2D eigenvalue weighted by Gasteiger charge is 2.42. The van der Waals surface area contributed by atoms with Crippen LogP contribution < -0.4 is 24.3 Å². The topological polar surface area (TPSA) is 92.3 Å². The molecule has 0 aromatic heterocycles. The van der Waals surface area contributed by atoms with Crippen LogP contribution in [0.3, 0.4) is 0 Å². The highest BCUT2D eigenvalue weighted by atomic mass is 16.5. The first-order valence-electron chi connectivity index (χ1n) is 14.9. The van der Waals surface area contributed by atoms with Gasteiger partial charge in [0.05, 0.1) is 33.5 Å². The van der Waals surface area contributed by atoms with Gasteiger partial charge in [-0.3, -0.25) is 4.79 Å². The molecule has 0 unspecified atom stereocenters. The fraction of sp³-hybridized carbons (Fsp3) is 0.333. The van der Waals surface area contributed by atoms with E-state index in [9.17, 15) is 9.59 Å². The number of ketones is 1. The smallest absolute Gasteiger partial charge is 0.337 e. The van der Waals surface area contributed by atoms with E-state index in [0.29, 0.717) is 52.9 Å². The number of ether oxygens (including phenoxy) is 5. The number of allylic oxidation sites excluding steroid dienone is 3. The van der Waals surface area contributed by atoms with Crippen molar-refractivity contribution in [2.45, 2.75) is 51.6 Å². The monoisotopic (exact) mass is 597 g/mol. The second kappa shape index (κ2) is 13.7. The molecule has 2 atom stereocenters. The van der Waals surface area contributed by atoms with E-state index in [0.717, 1.165) is 28.8 Å². The number of methoxy groups -OCH3 is 3. The molecule has 3 aromatic rings. The third-order valence-corrected chi connectivity index (χ3v) is 8.12. The number of carbonyl (C=O) groups excluding carboxylic acids is 2. The van der Waals surface area contributed by atoms with Crippen LogP contribution in [-0.2, 0) is 20.9 Å². The van der Waals surface area contributed by atoms with E-state index in [4.69, 9.17) is 23.7 Å². The summed E-state index contributed by atoms with van der Waals surface area (Å²) in [6.45, 7) is 4.56. The second-order valence-electron chi connectivity index (χ2n) is 11.0. The lowest BCUT2D eigenvalue weighted by Crippen LogP contribution is -2.36. The minimum Gasteiger partial charge on any atom is -0.493 e. The summed E-state index contributed by atoms with van der Waals surface area (Å²) in [7, 11) is 4.78. The van der Waals surface area contributed by atoms with Crippen LogP contribution in [0.1, 0.15) is 61.6 Å². The lowest BCUT2D eigenvalue weighted by atomic mass is 9.71. The molecule has 1 heterocycles. The number of benzene rings is 3. The van der Waals surface area contributed by atoms with E-state index in [1.54, 1.807) is 21.3 Å². The maximum absolute atomic E-state index is 14.1. The minimum atomic E-state index is -0.637. The number of Topliss-reactive ketones (excluding diaryl/α,β-unsaturated/α-hetero) is 1. The number of nitrogens with one attached hydrogen (secondary N) is 1. The Morgan fingerprint density at radius 3 is 2.20 bits per heavy atom. The van der Waals surface area contributed by atoms with Gasteiger partial charge in [-0.1, -0.05) is 49.4 Å². The predicted molar refractivity (Wildman–Crippen MR) is 167 cm³/mol. The van der Waals surface area contributed by atoms with Crippen LogP contribution in [0.5, 0.6) is 23.0 Å². The van der Waals surface area contributed by atoms with Gasteiger partial charge in [0.25, 0.3) is 0 Å². The maximum atomic E-state index is 14.1. The second-order valence-corrected chi connectivity index (χ2v) is 11.0. The van der Waals surface area contributed by atoms with Gasteiger partial charge in [0.15, 0.2) is 28.8 Å². The number of dihydropyridines is 1. The molecule has 0 saturated heterocycles. The summed E-state index contributed by atoms with van der Waals surface area (Å²) in [4.78, 5) is 27.9. The lowest BCUT2D eigenvalue weighted by molar-refractivity contribution is -0.140. The predicted octanol–water partition coefficient (Wildman–Crippen LogP) is 6.61. The van der Waals surface area contributed by atoms with Crippen LogP contribution in [0.2, 0.25) is 0 Å². The van der Waals surface area contributed by atoms with Gasteiger partial charge in [-0.05, 0) is 66.6 Å². The molecule has 0 amide bonds. The molecule has 1 aliphatic carbocycles. The molecule has 44 heavy (non-hydrogen) atoms. The molecule has 0 bridgehead atoms. The van der Waals surface area contributed by atoms with Gasteiger partial charge in [-0.25, -0.2) is 4.79 Å². The number of hydrogen-bond acceptors (Lipinski definition) is 8. The quantitative estimate of drug-likeness (QED) is 0.247. The van der Waals surface area contributed by atoms with Crippen molar-refractivity contribution < 1.29 is 33.3 Å². The van der Waals surface area contributed by atoms with E-state index in [1.807, 2.05) is 80.6 Å². The largest absolute Gasteiger partial charge is 0.493 e. The average Bonchev–Trinajstić information content (AvgIpc) is 3.05. The van der Waals surface area contributed by atoms with Crippen LogP contribution in [-0.4, -0.2) is 39.7 Å². The Bertz CT molecular complexity index is 1590. The van der Waals surface area contributed by atoms with Gasteiger partial charge < -0.3 is 29.0 Å². The summed E-state index contributed by atoms with van der Waals surface area (Å²) >= 11 is 0. The fourth-order valence-corrected chi connectivity index (χ4v) is 5.98. The molecule has 2 aliphatic rings. The Labute approximate surface area is 258 Å². The zero-order valence-electron chi connectivity index (χ0n) is 25.9. The van der Waals surface area contributed by atoms with Crippen molar-refractivity contribution in [2.75, 3.05) is 27.9 Å². The molecule has 0 radical (unpaired) electrons. The van der Waals surface area contributed by atoms with Gasteiger partial charge in [0.2, 0.25) is 0 Å². The number of esters is 1. The van der Waals surface area contributed by atoms with Gasteiger partial charge in [0.1, 0.15) is 6.61 Å². The molecular formula is C36H39NO7. The molecule has 8 heteroatoms. The van der Waals surface area contributed by atoms with Crippen LogP contribution in [0.15, 0.2) is 89.3 Å². The van der Waals surface area contributed by atoms with Crippen LogP contribution in [0, 0.1) is 0 Å². The number of rotatable bonds is 11. The van der Waals surface area contributed by atoms with Crippen LogP contribution in [0.4, 0.5) is 0 Å². The van der Waals surface area contributed by atoms with E-state index >= 15 is 0 Å². The first-order valence-corrected chi connectivity index (χ1v) is 14.9. The molecule has 5 rings (SSSR count). The van der Waals surface area contributed by atoms with Gasteiger partial charge >= 0.3 is 5.97 Å². The Balaban J connectivity index is 1.54. The minimum absolute atomic E-state index is 0.0327. The molecule has 1 aliphatic heterocycles. The van der Waals surface area contributed by atoms with Crippen LogP contribution >= 0.6 is 0 Å². The van der Waals surface area contributed by atoms with Crippen molar-refractivity contribution in [1.29, 1.82) is 0 Å². The van der Waals surface area contributed by atoms with Crippen molar-refractivity contribution in [1.82, 2.24) is 5.32 Å². The molecular weight excluding hydrogens is 558 g/mol. The molecule has 3 aromatic carbocycles. The highest BCUT2D eigenvalue weighted by Crippen LogP contribution is 2.47. The summed E-state index contributed by atoms with van der Waals surface area (Å²) in [6, 6.07) is 20.9. The van der Waals surface area contributed by atoms with Crippen molar-refractivity contribution in [2.24, 2.45) is 0 Å². The van der Waals surface area contributed by atoms with Crippen molar-refractivity contribution in [3.05, 3.63) is 106 Å². The average molecular weight is 598 g/mol. The molecule has 0 fully saturated rings. The summed E-state index contributed by atoms with van der Waals surface area (Å²) in [5.74, 6) is 1.17. The highest BCUT2D eigenvalue weighted by molar-refractivity contribution is 6.04. The first-order chi connectivity index (χ1) is 21.4. The molecule has 8 nitrogen and oxygen atoms in total. The number of hydrogen-bond donors (Lipinski definition) is 1.